The smallest absolute Gasteiger partial charge is 0.219 e. The van der Waals surface area contributed by atoms with E-state index in [1.54, 1.807) is 36.6 Å². The summed E-state index contributed by atoms with van der Waals surface area (Å²) in [6, 6.07) is 12.2. The molecule has 0 radical (unpaired) electrons. The molecule has 1 heterocycles. The van der Waals surface area contributed by atoms with Gasteiger partial charge in [-0.1, -0.05) is 30.3 Å². The van der Waals surface area contributed by atoms with E-state index in [1.165, 1.54) is 18.5 Å². The molecule has 134 valence electrons. The molecule has 0 amide bonds. The molecule has 0 spiro atoms. The number of benzene rings is 2. The molecule has 1 aromatic heterocycles. The van der Waals surface area contributed by atoms with Crippen LogP contribution in [0.5, 0.6) is 0 Å². The number of hydrogen-bond donors (Lipinski definition) is 2. The summed E-state index contributed by atoms with van der Waals surface area (Å²) in [7, 11) is 3.41. The summed E-state index contributed by atoms with van der Waals surface area (Å²) in [5, 5.41) is 0. The topological polar surface area (TPSA) is 84.1 Å². The first-order valence-corrected chi connectivity index (χ1v) is 8.89. The zero-order valence-corrected chi connectivity index (χ0v) is 15.1. The van der Waals surface area contributed by atoms with Gasteiger partial charge >= 0.3 is 0 Å². The lowest BCUT2D eigenvalue weighted by molar-refractivity contribution is 0.608. The van der Waals surface area contributed by atoms with Crippen molar-refractivity contribution in [3.8, 4) is 22.3 Å². The lowest BCUT2D eigenvalue weighted by Crippen LogP contribution is -2.22. The SMILES string of the molecule is CN(C)S(=O)Nc1ccccc1-c1ccc(-c2cnc(N)nc2)c(F)c1. The predicted molar refractivity (Wildman–Crippen MR) is 103 cm³/mol. The van der Waals surface area contributed by atoms with E-state index >= 15 is 0 Å². The van der Waals surface area contributed by atoms with Crippen LogP contribution in [0.25, 0.3) is 22.3 Å². The molecule has 1 atom stereocenters. The number of nitrogen functional groups attached to an aromatic ring is 1. The number of nitrogens with one attached hydrogen (secondary N) is 1. The van der Waals surface area contributed by atoms with Crippen LogP contribution in [0, 0.1) is 5.82 Å². The third kappa shape index (κ3) is 3.87. The van der Waals surface area contributed by atoms with Crippen molar-refractivity contribution in [2.45, 2.75) is 0 Å². The molecule has 2 aromatic carbocycles. The van der Waals surface area contributed by atoms with Crippen LogP contribution in [0.3, 0.4) is 0 Å². The van der Waals surface area contributed by atoms with Crippen molar-refractivity contribution in [3.05, 3.63) is 60.7 Å². The highest BCUT2D eigenvalue weighted by Crippen LogP contribution is 2.32. The van der Waals surface area contributed by atoms with Crippen molar-refractivity contribution in [2.24, 2.45) is 0 Å². The highest BCUT2D eigenvalue weighted by atomic mass is 32.2. The van der Waals surface area contributed by atoms with Gasteiger partial charge in [-0.3, -0.25) is 4.72 Å². The second-order valence-corrected chi connectivity index (χ2v) is 7.17. The van der Waals surface area contributed by atoms with Crippen LogP contribution in [0.15, 0.2) is 54.9 Å². The van der Waals surface area contributed by atoms with Crippen molar-refractivity contribution in [1.29, 1.82) is 0 Å². The minimum absolute atomic E-state index is 0.139. The summed E-state index contributed by atoms with van der Waals surface area (Å²) in [6.07, 6.45) is 2.96. The fourth-order valence-electron chi connectivity index (χ4n) is 2.40. The first-order valence-electron chi connectivity index (χ1n) is 7.78. The number of halogens is 1. The molecule has 3 aromatic rings. The third-order valence-corrected chi connectivity index (χ3v) is 4.78. The molecule has 26 heavy (non-hydrogen) atoms. The molecule has 6 nitrogen and oxygen atoms in total. The van der Waals surface area contributed by atoms with Crippen molar-refractivity contribution >= 4 is 22.8 Å². The monoisotopic (exact) mass is 371 g/mol. The average molecular weight is 371 g/mol. The van der Waals surface area contributed by atoms with Gasteiger partial charge in [0.15, 0.2) is 11.2 Å². The minimum Gasteiger partial charge on any atom is -0.368 e. The van der Waals surface area contributed by atoms with E-state index in [0.717, 1.165) is 5.56 Å². The standard InChI is InChI=1S/C18H18FN5OS/c1-24(2)26(25)23-17-6-4-3-5-15(17)12-7-8-14(16(19)9-12)13-10-21-18(20)22-11-13/h3-11,23H,1-2H3,(H2,20,21,22). The maximum absolute atomic E-state index is 14.7. The molecule has 8 heteroatoms. The lowest BCUT2D eigenvalue weighted by atomic mass is 10.00. The number of hydrogen-bond acceptors (Lipinski definition) is 4. The summed E-state index contributed by atoms with van der Waals surface area (Å²) < 4.78 is 31.2. The Bertz CT molecular complexity index is 947. The molecule has 0 aliphatic heterocycles. The summed E-state index contributed by atoms with van der Waals surface area (Å²) in [5.74, 6) is -0.265. The zero-order chi connectivity index (χ0) is 18.7. The van der Waals surface area contributed by atoms with E-state index in [0.29, 0.717) is 22.4 Å². The van der Waals surface area contributed by atoms with E-state index in [-0.39, 0.29) is 5.95 Å². The van der Waals surface area contributed by atoms with Crippen LogP contribution in [-0.4, -0.2) is 32.6 Å². The van der Waals surface area contributed by atoms with E-state index in [1.807, 2.05) is 18.2 Å². The van der Waals surface area contributed by atoms with Gasteiger partial charge in [0.2, 0.25) is 5.95 Å². The van der Waals surface area contributed by atoms with E-state index in [2.05, 4.69) is 14.7 Å². The number of para-hydroxylation sites is 1. The molecular formula is C18H18FN5OS. The van der Waals surface area contributed by atoms with Crippen molar-refractivity contribution in [1.82, 2.24) is 14.3 Å². The van der Waals surface area contributed by atoms with E-state index in [4.69, 9.17) is 5.73 Å². The largest absolute Gasteiger partial charge is 0.368 e. The maximum Gasteiger partial charge on any atom is 0.219 e. The first kappa shape index (κ1) is 18.0. The highest BCUT2D eigenvalue weighted by molar-refractivity contribution is 7.84. The van der Waals surface area contributed by atoms with Crippen molar-refractivity contribution in [2.75, 3.05) is 24.6 Å². The Kier molecular flexibility index (Phi) is 5.24. The van der Waals surface area contributed by atoms with Gasteiger partial charge in [0.25, 0.3) is 0 Å². The van der Waals surface area contributed by atoms with Crippen molar-refractivity contribution < 1.29 is 8.60 Å². The van der Waals surface area contributed by atoms with Crippen LogP contribution in [-0.2, 0) is 11.2 Å². The predicted octanol–water partition coefficient (Wildman–Crippen LogP) is 3.08. The van der Waals surface area contributed by atoms with Crippen LogP contribution >= 0.6 is 0 Å². The van der Waals surface area contributed by atoms with Gasteiger partial charge in [-0.2, -0.15) is 0 Å². The minimum atomic E-state index is -1.39. The Hall–Kier alpha value is -2.84. The number of rotatable bonds is 5. The zero-order valence-electron chi connectivity index (χ0n) is 14.3. The molecule has 3 rings (SSSR count). The second-order valence-electron chi connectivity index (χ2n) is 5.73. The Morgan fingerprint density at radius 2 is 1.73 bits per heavy atom. The Morgan fingerprint density at radius 1 is 1.04 bits per heavy atom. The number of nitrogens with two attached hydrogens (primary N) is 1. The molecule has 0 aliphatic carbocycles. The maximum atomic E-state index is 14.7. The third-order valence-electron chi connectivity index (χ3n) is 3.72. The fraction of sp³-hybridized carbons (Fsp3) is 0.111. The quantitative estimate of drug-likeness (QED) is 0.722. The van der Waals surface area contributed by atoms with Crippen LogP contribution in [0.4, 0.5) is 16.0 Å². The second kappa shape index (κ2) is 7.59. The molecule has 0 saturated carbocycles. The molecule has 0 aliphatic rings. The first-order chi connectivity index (χ1) is 12.5. The van der Waals surface area contributed by atoms with Crippen LogP contribution in [0.2, 0.25) is 0 Å². The summed E-state index contributed by atoms with van der Waals surface area (Å²) in [6.45, 7) is 0. The molecule has 3 N–H and O–H groups in total. The summed E-state index contributed by atoms with van der Waals surface area (Å²) >= 11 is -1.39. The van der Waals surface area contributed by atoms with E-state index < -0.39 is 17.0 Å². The number of anilines is 2. The lowest BCUT2D eigenvalue weighted by Gasteiger charge is -2.15. The van der Waals surface area contributed by atoms with Crippen molar-refractivity contribution in [3.63, 3.8) is 0 Å². The molecule has 0 bridgehead atoms. The Labute approximate surface area is 153 Å². The normalized spacial score (nSPS) is 12.2. The average Bonchev–Trinajstić information content (AvgIpc) is 2.63. The summed E-state index contributed by atoms with van der Waals surface area (Å²) in [5.41, 5.74) is 8.47. The summed E-state index contributed by atoms with van der Waals surface area (Å²) in [4.78, 5) is 7.78. The number of aromatic nitrogens is 2. The molecule has 0 saturated heterocycles. The van der Waals surface area contributed by atoms with Crippen LogP contribution in [0.1, 0.15) is 0 Å². The van der Waals surface area contributed by atoms with E-state index in [9.17, 15) is 8.60 Å². The highest BCUT2D eigenvalue weighted by Gasteiger charge is 2.12. The van der Waals surface area contributed by atoms with Gasteiger partial charge in [0.1, 0.15) is 5.82 Å². The number of nitrogens with zero attached hydrogens (tertiary/aromatic N) is 3. The van der Waals surface area contributed by atoms with Gasteiger partial charge in [0, 0.05) is 43.2 Å². The Morgan fingerprint density at radius 3 is 2.38 bits per heavy atom. The van der Waals surface area contributed by atoms with Gasteiger partial charge in [0.05, 0.1) is 5.69 Å². The fourth-order valence-corrected chi connectivity index (χ4v) is 2.95. The molecular weight excluding hydrogens is 353 g/mol. The van der Waals surface area contributed by atoms with Crippen LogP contribution < -0.4 is 10.5 Å². The molecule has 0 fully saturated rings. The van der Waals surface area contributed by atoms with Gasteiger partial charge < -0.3 is 5.73 Å². The van der Waals surface area contributed by atoms with Gasteiger partial charge in [-0.25, -0.2) is 22.9 Å². The molecule has 1 unspecified atom stereocenters. The Balaban J connectivity index is 1.97. The van der Waals surface area contributed by atoms with Gasteiger partial charge in [-0.15, -0.1) is 0 Å². The van der Waals surface area contributed by atoms with Gasteiger partial charge in [-0.05, 0) is 17.7 Å².